The molecule has 3 heterocycles. The zero-order chi connectivity index (χ0) is 26.8. The van der Waals surface area contributed by atoms with Crippen molar-refractivity contribution in [3.8, 4) is 22.4 Å². The molecule has 2 aromatic heterocycles. The normalized spacial score (nSPS) is 17.3. The quantitative estimate of drug-likeness (QED) is 0.339. The Balaban J connectivity index is 1.35. The standard InChI is InChI=1S/C30H31N5O3/c1-29(2,37)19-35-28(36)25-13-8-22(16-32-25)20-4-9-23(10-5-20)30(14-3-15-38-30)24-11-6-21(7-12-24)26-17-34-27(31)18-33-26/h4-13,16-18,37H,3,14-15,19H2,1-2H3,(H2,31,34)(H,35,36)/t30-/m1/s1. The second-order valence-electron chi connectivity index (χ2n) is 10.2. The number of rotatable bonds is 7. The van der Waals surface area contributed by atoms with Crippen molar-refractivity contribution in [2.24, 2.45) is 0 Å². The fourth-order valence-corrected chi connectivity index (χ4v) is 4.68. The Bertz CT molecular complexity index is 1390. The highest BCUT2D eigenvalue weighted by Gasteiger charge is 2.38. The molecule has 0 spiro atoms. The molecule has 0 unspecified atom stereocenters. The van der Waals surface area contributed by atoms with Gasteiger partial charge >= 0.3 is 0 Å². The zero-order valence-electron chi connectivity index (χ0n) is 21.5. The minimum atomic E-state index is -0.981. The van der Waals surface area contributed by atoms with E-state index >= 15 is 0 Å². The van der Waals surface area contributed by atoms with Crippen LogP contribution in [0.1, 0.15) is 48.3 Å². The van der Waals surface area contributed by atoms with Gasteiger partial charge in [0.2, 0.25) is 0 Å². The fourth-order valence-electron chi connectivity index (χ4n) is 4.68. The van der Waals surface area contributed by atoms with Crippen molar-refractivity contribution >= 4 is 11.7 Å². The summed E-state index contributed by atoms with van der Waals surface area (Å²) in [4.78, 5) is 25.1. The number of anilines is 1. The molecule has 0 aliphatic carbocycles. The van der Waals surface area contributed by atoms with Gasteiger partial charge in [0, 0.05) is 30.5 Å². The second kappa shape index (κ2) is 10.3. The number of benzene rings is 2. The van der Waals surface area contributed by atoms with Gasteiger partial charge in [0.1, 0.15) is 17.1 Å². The van der Waals surface area contributed by atoms with Gasteiger partial charge in [0.15, 0.2) is 0 Å². The lowest BCUT2D eigenvalue weighted by molar-refractivity contribution is 0.0360. The van der Waals surface area contributed by atoms with E-state index in [-0.39, 0.29) is 12.5 Å². The van der Waals surface area contributed by atoms with E-state index in [1.807, 2.05) is 18.2 Å². The van der Waals surface area contributed by atoms with Gasteiger partial charge in [-0.1, -0.05) is 54.6 Å². The summed E-state index contributed by atoms with van der Waals surface area (Å²) in [5.74, 6) is 0.0790. The average molecular weight is 510 g/mol. The van der Waals surface area contributed by atoms with Crippen molar-refractivity contribution in [1.82, 2.24) is 20.3 Å². The van der Waals surface area contributed by atoms with Crippen LogP contribution in [0.5, 0.6) is 0 Å². The number of carbonyl (C=O) groups is 1. The first-order valence-electron chi connectivity index (χ1n) is 12.6. The number of nitrogens with one attached hydrogen (secondary N) is 1. The van der Waals surface area contributed by atoms with Crippen molar-refractivity contribution in [3.05, 3.63) is 96.1 Å². The van der Waals surface area contributed by atoms with Gasteiger partial charge in [-0.2, -0.15) is 0 Å². The fraction of sp³-hybridized carbons (Fsp3) is 0.267. The Labute approximate surface area is 221 Å². The molecule has 1 atom stereocenters. The van der Waals surface area contributed by atoms with Crippen LogP contribution in [0.25, 0.3) is 22.4 Å². The van der Waals surface area contributed by atoms with E-state index in [9.17, 15) is 9.90 Å². The molecule has 1 amide bonds. The first-order chi connectivity index (χ1) is 18.2. The molecule has 1 aliphatic rings. The summed E-state index contributed by atoms with van der Waals surface area (Å²) in [5, 5.41) is 12.5. The van der Waals surface area contributed by atoms with Crippen LogP contribution in [0.15, 0.2) is 79.3 Å². The summed E-state index contributed by atoms with van der Waals surface area (Å²) in [7, 11) is 0. The molecule has 1 fully saturated rings. The lowest BCUT2D eigenvalue weighted by Crippen LogP contribution is -2.38. The van der Waals surface area contributed by atoms with Crippen LogP contribution < -0.4 is 11.1 Å². The van der Waals surface area contributed by atoms with Gasteiger partial charge in [0.05, 0.1) is 23.7 Å². The molecule has 0 bridgehead atoms. The number of carbonyl (C=O) groups excluding carboxylic acids is 1. The summed E-state index contributed by atoms with van der Waals surface area (Å²) < 4.78 is 6.39. The van der Waals surface area contributed by atoms with Gasteiger partial charge in [-0.3, -0.25) is 14.8 Å². The first kappa shape index (κ1) is 25.5. The molecular weight excluding hydrogens is 478 g/mol. The molecule has 5 rings (SSSR count). The minimum absolute atomic E-state index is 0.152. The average Bonchev–Trinajstić information content (AvgIpc) is 3.43. The number of pyridine rings is 1. The van der Waals surface area contributed by atoms with Crippen LogP contribution in [0.3, 0.4) is 0 Å². The van der Waals surface area contributed by atoms with Crippen molar-refractivity contribution in [2.75, 3.05) is 18.9 Å². The predicted molar refractivity (Wildman–Crippen MR) is 146 cm³/mol. The van der Waals surface area contributed by atoms with E-state index in [0.717, 1.165) is 46.4 Å². The van der Waals surface area contributed by atoms with Gasteiger partial charge in [-0.05, 0) is 49.4 Å². The van der Waals surface area contributed by atoms with Crippen LogP contribution in [-0.4, -0.2) is 44.7 Å². The lowest BCUT2D eigenvalue weighted by atomic mass is 9.83. The molecule has 2 aromatic carbocycles. The van der Waals surface area contributed by atoms with E-state index in [4.69, 9.17) is 10.5 Å². The molecule has 194 valence electrons. The molecule has 1 saturated heterocycles. The van der Waals surface area contributed by atoms with Crippen LogP contribution in [0, 0.1) is 0 Å². The van der Waals surface area contributed by atoms with E-state index < -0.39 is 11.2 Å². The van der Waals surface area contributed by atoms with E-state index in [2.05, 4.69) is 56.7 Å². The third kappa shape index (κ3) is 5.41. The Morgan fingerprint density at radius 3 is 2.11 bits per heavy atom. The SMILES string of the molecule is CC(C)(O)CNC(=O)c1ccc(-c2ccc([C@@]3(c4ccc(-c5cnc(N)cn5)cc4)CCCO3)cc2)cn1. The van der Waals surface area contributed by atoms with Crippen LogP contribution in [0.2, 0.25) is 0 Å². The van der Waals surface area contributed by atoms with E-state index in [0.29, 0.717) is 18.1 Å². The topological polar surface area (TPSA) is 123 Å². The van der Waals surface area contributed by atoms with Gasteiger partial charge < -0.3 is 20.9 Å². The van der Waals surface area contributed by atoms with Crippen molar-refractivity contribution < 1.29 is 14.6 Å². The highest BCUT2D eigenvalue weighted by atomic mass is 16.5. The summed E-state index contributed by atoms with van der Waals surface area (Å²) >= 11 is 0. The number of nitrogens with zero attached hydrogens (tertiary/aromatic N) is 3. The maximum atomic E-state index is 12.3. The minimum Gasteiger partial charge on any atom is -0.389 e. The molecule has 1 aliphatic heterocycles. The number of aliphatic hydroxyl groups is 1. The zero-order valence-corrected chi connectivity index (χ0v) is 21.5. The maximum Gasteiger partial charge on any atom is 0.269 e. The summed E-state index contributed by atoms with van der Waals surface area (Å²) in [6.45, 7) is 4.13. The lowest BCUT2D eigenvalue weighted by Gasteiger charge is -2.30. The van der Waals surface area contributed by atoms with Crippen LogP contribution in [-0.2, 0) is 10.3 Å². The summed E-state index contributed by atoms with van der Waals surface area (Å²) in [5.41, 5.74) is 10.3. The van der Waals surface area contributed by atoms with Crippen LogP contribution in [0.4, 0.5) is 5.82 Å². The Morgan fingerprint density at radius 1 is 0.921 bits per heavy atom. The third-order valence-electron chi connectivity index (χ3n) is 6.70. The van der Waals surface area contributed by atoms with E-state index in [1.54, 1.807) is 38.5 Å². The van der Waals surface area contributed by atoms with Crippen molar-refractivity contribution in [3.63, 3.8) is 0 Å². The molecule has 8 nitrogen and oxygen atoms in total. The van der Waals surface area contributed by atoms with Crippen molar-refractivity contribution in [1.29, 1.82) is 0 Å². The predicted octanol–water partition coefficient (Wildman–Crippen LogP) is 4.34. The number of hydrogen-bond donors (Lipinski definition) is 3. The molecule has 4 aromatic rings. The molecule has 38 heavy (non-hydrogen) atoms. The van der Waals surface area contributed by atoms with Crippen molar-refractivity contribution in [2.45, 2.75) is 37.9 Å². The highest BCUT2D eigenvalue weighted by Crippen LogP contribution is 2.43. The summed E-state index contributed by atoms with van der Waals surface area (Å²) in [6.07, 6.45) is 6.79. The number of amides is 1. The number of hydrogen-bond acceptors (Lipinski definition) is 7. The smallest absolute Gasteiger partial charge is 0.269 e. The van der Waals surface area contributed by atoms with Gasteiger partial charge in [-0.15, -0.1) is 0 Å². The first-order valence-corrected chi connectivity index (χ1v) is 12.6. The molecular formula is C30H31N5O3. The Morgan fingerprint density at radius 2 is 1.58 bits per heavy atom. The monoisotopic (exact) mass is 509 g/mol. The molecule has 4 N–H and O–H groups in total. The number of aromatic nitrogens is 3. The number of nitrogen functional groups attached to an aromatic ring is 1. The second-order valence-corrected chi connectivity index (χ2v) is 10.2. The number of ether oxygens (including phenoxy) is 1. The van der Waals surface area contributed by atoms with Gasteiger partial charge in [-0.25, -0.2) is 4.98 Å². The van der Waals surface area contributed by atoms with E-state index in [1.165, 1.54) is 0 Å². The summed E-state index contributed by atoms with van der Waals surface area (Å²) in [6, 6.07) is 20.2. The molecule has 0 saturated carbocycles. The number of nitrogens with two attached hydrogens (primary N) is 1. The molecule has 8 heteroatoms. The Hall–Kier alpha value is -4.14. The largest absolute Gasteiger partial charge is 0.389 e. The Kier molecular flexibility index (Phi) is 6.93. The third-order valence-corrected chi connectivity index (χ3v) is 6.70. The van der Waals surface area contributed by atoms with Crippen LogP contribution >= 0.6 is 0 Å². The highest BCUT2D eigenvalue weighted by molar-refractivity contribution is 5.92. The van der Waals surface area contributed by atoms with Gasteiger partial charge in [0.25, 0.3) is 5.91 Å². The maximum absolute atomic E-state index is 12.3. The molecule has 0 radical (unpaired) electrons.